The van der Waals surface area contributed by atoms with E-state index < -0.39 is 0 Å². The summed E-state index contributed by atoms with van der Waals surface area (Å²) >= 11 is 0. The van der Waals surface area contributed by atoms with E-state index in [2.05, 4.69) is 40.2 Å². The second-order valence-electron chi connectivity index (χ2n) is 5.59. The van der Waals surface area contributed by atoms with Crippen molar-refractivity contribution in [3.05, 3.63) is 17.6 Å². The van der Waals surface area contributed by atoms with Gasteiger partial charge in [-0.1, -0.05) is 6.92 Å². The molecule has 0 atom stereocenters. The Hall–Kier alpha value is -1.16. The molecule has 1 saturated carbocycles. The lowest BCUT2D eigenvalue weighted by atomic mass is 9.90. The molecule has 4 nitrogen and oxygen atoms in total. The van der Waals surface area contributed by atoms with Crippen molar-refractivity contribution in [2.24, 2.45) is 0 Å². The van der Waals surface area contributed by atoms with Crippen LogP contribution in [0, 0.1) is 13.8 Å². The van der Waals surface area contributed by atoms with Gasteiger partial charge in [-0.2, -0.15) is 0 Å². The maximum absolute atomic E-state index is 4.56. The average Bonchev–Trinajstić information content (AvgIpc) is 2.38. The number of nitrogens with zero attached hydrogens (tertiary/aromatic N) is 3. The van der Waals surface area contributed by atoms with E-state index in [0.29, 0.717) is 12.1 Å². The fourth-order valence-electron chi connectivity index (χ4n) is 3.02. The van der Waals surface area contributed by atoms with Gasteiger partial charge in [-0.3, -0.25) is 0 Å². The van der Waals surface area contributed by atoms with Crippen molar-refractivity contribution in [2.75, 3.05) is 18.5 Å². The van der Waals surface area contributed by atoms with Gasteiger partial charge in [0.15, 0.2) is 0 Å². The lowest BCUT2D eigenvalue weighted by Gasteiger charge is -2.35. The predicted octanol–water partition coefficient (Wildman–Crippen LogP) is 2.45. The van der Waals surface area contributed by atoms with Gasteiger partial charge < -0.3 is 10.2 Å². The Morgan fingerprint density at radius 3 is 2.47 bits per heavy atom. The van der Waals surface area contributed by atoms with Gasteiger partial charge in [0, 0.05) is 30.9 Å². The summed E-state index contributed by atoms with van der Waals surface area (Å²) in [7, 11) is 2.17. The molecule has 0 saturated heterocycles. The number of anilines is 1. The molecule has 1 aliphatic rings. The highest BCUT2D eigenvalue weighted by atomic mass is 15.2. The summed E-state index contributed by atoms with van der Waals surface area (Å²) in [6.45, 7) is 7.26. The van der Waals surface area contributed by atoms with E-state index in [9.17, 15) is 0 Å². The van der Waals surface area contributed by atoms with Gasteiger partial charge in [-0.25, -0.2) is 9.97 Å². The van der Waals surface area contributed by atoms with E-state index in [0.717, 1.165) is 23.9 Å². The summed E-state index contributed by atoms with van der Waals surface area (Å²) in [5, 5.41) is 3.56. The van der Waals surface area contributed by atoms with Crippen LogP contribution in [0.1, 0.15) is 44.1 Å². The van der Waals surface area contributed by atoms with Crippen molar-refractivity contribution >= 4 is 5.82 Å². The SMILES string of the molecule is CCNC1CCC(N(C)c2cc(C)nc(C)n2)CC1. The summed E-state index contributed by atoms with van der Waals surface area (Å²) < 4.78 is 0. The number of aryl methyl sites for hydroxylation is 2. The Balaban J connectivity index is 1.98. The molecule has 1 aromatic heterocycles. The molecule has 19 heavy (non-hydrogen) atoms. The molecule has 1 fully saturated rings. The first-order valence-electron chi connectivity index (χ1n) is 7.38. The number of aromatic nitrogens is 2. The third-order valence-electron chi connectivity index (χ3n) is 4.05. The van der Waals surface area contributed by atoms with E-state index in [-0.39, 0.29) is 0 Å². The molecule has 4 heteroatoms. The second-order valence-corrected chi connectivity index (χ2v) is 5.59. The normalized spacial score (nSPS) is 23.4. The van der Waals surface area contributed by atoms with Gasteiger partial charge in [0.1, 0.15) is 11.6 Å². The monoisotopic (exact) mass is 262 g/mol. The first-order valence-corrected chi connectivity index (χ1v) is 7.38. The van der Waals surface area contributed by atoms with Gasteiger partial charge in [-0.05, 0) is 46.1 Å². The van der Waals surface area contributed by atoms with E-state index >= 15 is 0 Å². The zero-order valence-corrected chi connectivity index (χ0v) is 12.6. The van der Waals surface area contributed by atoms with Crippen molar-refractivity contribution in [3.8, 4) is 0 Å². The van der Waals surface area contributed by atoms with E-state index in [1.165, 1.54) is 25.7 Å². The van der Waals surface area contributed by atoms with Crippen molar-refractivity contribution in [2.45, 2.75) is 58.5 Å². The lowest BCUT2D eigenvalue weighted by Crippen LogP contribution is -2.41. The highest BCUT2D eigenvalue weighted by Gasteiger charge is 2.24. The highest BCUT2D eigenvalue weighted by molar-refractivity contribution is 5.40. The molecule has 0 radical (unpaired) electrons. The molecule has 106 valence electrons. The molecular weight excluding hydrogens is 236 g/mol. The zero-order chi connectivity index (χ0) is 13.8. The predicted molar refractivity (Wildman–Crippen MR) is 79.6 cm³/mol. The Morgan fingerprint density at radius 2 is 1.89 bits per heavy atom. The molecule has 1 aliphatic carbocycles. The molecular formula is C15H26N4. The van der Waals surface area contributed by atoms with Crippen LogP contribution in [0.4, 0.5) is 5.82 Å². The van der Waals surface area contributed by atoms with Gasteiger partial charge in [0.05, 0.1) is 0 Å². The van der Waals surface area contributed by atoms with Crippen LogP contribution in [0.2, 0.25) is 0 Å². The minimum absolute atomic E-state index is 0.614. The summed E-state index contributed by atoms with van der Waals surface area (Å²) in [6, 6.07) is 3.41. The summed E-state index contributed by atoms with van der Waals surface area (Å²) in [4.78, 5) is 11.3. The Morgan fingerprint density at radius 1 is 1.21 bits per heavy atom. The third-order valence-corrected chi connectivity index (χ3v) is 4.05. The van der Waals surface area contributed by atoms with Crippen LogP contribution < -0.4 is 10.2 Å². The Kier molecular flexibility index (Phi) is 4.75. The van der Waals surface area contributed by atoms with Crippen LogP contribution in [-0.4, -0.2) is 35.6 Å². The van der Waals surface area contributed by atoms with Gasteiger partial charge >= 0.3 is 0 Å². The van der Waals surface area contributed by atoms with Crippen LogP contribution in [0.3, 0.4) is 0 Å². The van der Waals surface area contributed by atoms with Gasteiger partial charge in [0.25, 0.3) is 0 Å². The molecule has 0 bridgehead atoms. The summed E-state index contributed by atoms with van der Waals surface area (Å²) in [6.07, 6.45) is 5.03. The zero-order valence-electron chi connectivity index (χ0n) is 12.6. The number of rotatable bonds is 4. The largest absolute Gasteiger partial charge is 0.357 e. The molecule has 1 N–H and O–H groups in total. The molecule has 0 spiro atoms. The lowest BCUT2D eigenvalue weighted by molar-refractivity contribution is 0.340. The molecule has 0 unspecified atom stereocenters. The Labute approximate surface area is 116 Å². The minimum atomic E-state index is 0.614. The first kappa shape index (κ1) is 14.3. The van der Waals surface area contributed by atoms with E-state index in [1.807, 2.05) is 13.8 Å². The van der Waals surface area contributed by atoms with Crippen LogP contribution in [0.15, 0.2) is 6.07 Å². The van der Waals surface area contributed by atoms with Crippen molar-refractivity contribution < 1.29 is 0 Å². The van der Waals surface area contributed by atoms with Crippen LogP contribution in [0.5, 0.6) is 0 Å². The third kappa shape index (κ3) is 3.66. The van der Waals surface area contributed by atoms with Crippen molar-refractivity contribution in [1.29, 1.82) is 0 Å². The maximum Gasteiger partial charge on any atom is 0.132 e. The van der Waals surface area contributed by atoms with Crippen LogP contribution in [0.25, 0.3) is 0 Å². The Bertz CT molecular complexity index is 390. The first-order chi connectivity index (χ1) is 9.10. The van der Waals surface area contributed by atoms with Crippen LogP contribution >= 0.6 is 0 Å². The molecule has 0 amide bonds. The number of nitrogens with one attached hydrogen (secondary N) is 1. The smallest absolute Gasteiger partial charge is 0.132 e. The maximum atomic E-state index is 4.56. The average molecular weight is 262 g/mol. The van der Waals surface area contributed by atoms with Crippen LogP contribution in [-0.2, 0) is 0 Å². The molecule has 1 heterocycles. The topological polar surface area (TPSA) is 41.0 Å². The molecule has 1 aromatic rings. The molecule has 0 aromatic carbocycles. The number of hydrogen-bond acceptors (Lipinski definition) is 4. The molecule has 2 rings (SSSR count). The second kappa shape index (κ2) is 6.33. The standard InChI is InChI=1S/C15H26N4/c1-5-16-13-6-8-14(9-7-13)19(4)15-10-11(2)17-12(3)18-15/h10,13-14,16H,5-9H2,1-4H3. The van der Waals surface area contributed by atoms with E-state index in [1.54, 1.807) is 0 Å². The molecule has 0 aliphatic heterocycles. The van der Waals surface area contributed by atoms with Gasteiger partial charge in [-0.15, -0.1) is 0 Å². The quantitative estimate of drug-likeness (QED) is 0.905. The fraction of sp³-hybridized carbons (Fsp3) is 0.733. The number of hydrogen-bond donors (Lipinski definition) is 1. The van der Waals surface area contributed by atoms with Gasteiger partial charge in [0.2, 0.25) is 0 Å². The minimum Gasteiger partial charge on any atom is -0.357 e. The van der Waals surface area contributed by atoms with E-state index in [4.69, 9.17) is 0 Å². The van der Waals surface area contributed by atoms with Crippen molar-refractivity contribution in [1.82, 2.24) is 15.3 Å². The fourth-order valence-corrected chi connectivity index (χ4v) is 3.02. The highest BCUT2D eigenvalue weighted by Crippen LogP contribution is 2.25. The van der Waals surface area contributed by atoms with Crippen molar-refractivity contribution in [3.63, 3.8) is 0 Å². The summed E-state index contributed by atoms with van der Waals surface area (Å²) in [5.74, 6) is 1.93. The summed E-state index contributed by atoms with van der Waals surface area (Å²) in [5.41, 5.74) is 1.05.